The molecule has 0 amide bonds. The smallest absolute Gasteiger partial charge is 0.387 e. The number of hydrazine groups is 1. The van der Waals surface area contributed by atoms with Crippen LogP contribution in [-0.2, 0) is 12.8 Å². The van der Waals surface area contributed by atoms with Crippen LogP contribution < -0.4 is 10.2 Å². The van der Waals surface area contributed by atoms with Gasteiger partial charge in [-0.3, -0.25) is 9.67 Å². The molecule has 4 rings (SSSR count). The highest BCUT2D eigenvalue weighted by Crippen LogP contribution is 2.45. The molecule has 0 unspecified atom stereocenters. The van der Waals surface area contributed by atoms with Gasteiger partial charge in [0, 0.05) is 47.8 Å². The summed E-state index contributed by atoms with van der Waals surface area (Å²) >= 11 is 0. The molecule has 2 aromatic rings. The monoisotopic (exact) mass is 470 g/mol. The number of nitrogens with one attached hydrogen (secondary N) is 1. The highest BCUT2D eigenvalue weighted by molar-refractivity contribution is 5.68. The molecule has 1 fully saturated rings. The fraction of sp³-hybridized carbons (Fsp3) is 0.636. The summed E-state index contributed by atoms with van der Waals surface area (Å²) in [4.78, 5) is 17.7. The lowest BCUT2D eigenvalue weighted by atomic mass is 9.75. The summed E-state index contributed by atoms with van der Waals surface area (Å²) in [7, 11) is 0. The molecule has 1 atom stereocenters. The Morgan fingerprint density at radius 3 is 2.61 bits per heavy atom. The third kappa shape index (κ3) is 4.67. The van der Waals surface area contributed by atoms with Gasteiger partial charge in [-0.05, 0) is 40.2 Å². The first-order valence-corrected chi connectivity index (χ1v) is 11.0. The zero-order valence-electron chi connectivity index (χ0n) is 19.0. The van der Waals surface area contributed by atoms with Crippen LogP contribution in [0.1, 0.15) is 63.0 Å². The van der Waals surface area contributed by atoms with Gasteiger partial charge in [-0.25, -0.2) is 8.78 Å². The van der Waals surface area contributed by atoms with Gasteiger partial charge in [0.25, 0.3) is 5.92 Å². The Labute approximate surface area is 189 Å². The number of rotatable bonds is 7. The van der Waals surface area contributed by atoms with Gasteiger partial charge in [-0.15, -0.1) is 5.43 Å². The van der Waals surface area contributed by atoms with E-state index in [1.54, 1.807) is 13.8 Å². The van der Waals surface area contributed by atoms with Crippen LogP contribution in [0.5, 0.6) is 5.75 Å². The molecule has 0 bridgehead atoms. The molecule has 2 aliphatic carbocycles. The first-order chi connectivity index (χ1) is 15.4. The van der Waals surface area contributed by atoms with Crippen molar-refractivity contribution in [3.05, 3.63) is 34.1 Å². The van der Waals surface area contributed by atoms with Crippen LogP contribution in [-0.4, -0.2) is 43.7 Å². The molecular formula is C22H28F4N5O2+. The number of ether oxygens (including phenoxy) is 1. The van der Waals surface area contributed by atoms with E-state index < -0.39 is 24.1 Å². The average molecular weight is 470 g/mol. The molecule has 2 aromatic heterocycles. The highest BCUT2D eigenvalue weighted by atomic mass is 19.3. The summed E-state index contributed by atoms with van der Waals surface area (Å²) < 4.78 is 58.4. The van der Waals surface area contributed by atoms with E-state index in [1.165, 1.54) is 12.3 Å². The summed E-state index contributed by atoms with van der Waals surface area (Å²) in [6.07, 6.45) is 1.95. The standard InChI is InChI=1S/C22H28F4N5O2/c1-12(2)30-18-7-14(31(32)29-21(4)10-22(25,26)11-21)5-6-16(18)19(28-30)17-8-15(33-20(23)24)9-27-13(17)3/h8-9,12,14,20H,5-7,10-11H2,1-4H3,(H,29,32)/q+1/t14-/m1/s1. The van der Waals surface area contributed by atoms with Gasteiger partial charge < -0.3 is 4.74 Å². The van der Waals surface area contributed by atoms with Gasteiger partial charge in [0.2, 0.25) is 6.04 Å². The second kappa shape index (κ2) is 8.25. The van der Waals surface area contributed by atoms with Crippen molar-refractivity contribution in [3.63, 3.8) is 0 Å². The number of halogens is 4. The van der Waals surface area contributed by atoms with E-state index in [9.17, 15) is 22.5 Å². The lowest BCUT2D eigenvalue weighted by molar-refractivity contribution is -0.657. The van der Waals surface area contributed by atoms with Gasteiger partial charge in [0.1, 0.15) is 16.2 Å². The van der Waals surface area contributed by atoms with Crippen molar-refractivity contribution in [2.45, 2.75) is 90.0 Å². The van der Waals surface area contributed by atoms with E-state index >= 15 is 0 Å². The van der Waals surface area contributed by atoms with E-state index in [4.69, 9.17) is 5.10 Å². The van der Waals surface area contributed by atoms with Gasteiger partial charge in [-0.2, -0.15) is 13.9 Å². The number of alkyl halides is 4. The summed E-state index contributed by atoms with van der Waals surface area (Å²) in [5.74, 6) is -2.78. The predicted molar refractivity (Wildman–Crippen MR) is 112 cm³/mol. The maximum absolute atomic E-state index is 13.3. The van der Waals surface area contributed by atoms with E-state index in [1.807, 2.05) is 18.5 Å². The van der Waals surface area contributed by atoms with Crippen molar-refractivity contribution in [2.75, 3.05) is 0 Å². The maximum Gasteiger partial charge on any atom is 0.387 e. The number of nitroso groups, excluding NO2 is 1. The molecule has 11 heteroatoms. The molecule has 2 heterocycles. The third-order valence-corrected chi connectivity index (χ3v) is 6.32. The van der Waals surface area contributed by atoms with Crippen molar-refractivity contribution >= 4 is 0 Å². The number of hydrogen-bond donors (Lipinski definition) is 1. The number of aryl methyl sites for hydroxylation is 1. The fourth-order valence-corrected chi connectivity index (χ4v) is 4.91. The Bertz CT molecular complexity index is 1060. The van der Waals surface area contributed by atoms with Crippen molar-refractivity contribution in [3.8, 4) is 17.0 Å². The van der Waals surface area contributed by atoms with Crippen molar-refractivity contribution < 1.29 is 27.2 Å². The second-order valence-corrected chi connectivity index (χ2v) is 9.60. The number of pyridine rings is 1. The number of fused-ring (bicyclic) bond motifs is 1. The normalized spacial score (nSPS) is 21.0. The van der Waals surface area contributed by atoms with Crippen LogP contribution in [0.3, 0.4) is 0 Å². The molecular weight excluding hydrogens is 442 g/mol. The third-order valence-electron chi connectivity index (χ3n) is 6.32. The minimum atomic E-state index is -2.96. The molecule has 0 aromatic carbocycles. The average Bonchev–Trinajstić information content (AvgIpc) is 3.06. The van der Waals surface area contributed by atoms with Crippen LogP contribution >= 0.6 is 0 Å². The molecule has 180 valence electrons. The zero-order valence-corrected chi connectivity index (χ0v) is 19.0. The number of nitrogens with zero attached hydrogens (tertiary/aromatic N) is 4. The van der Waals surface area contributed by atoms with E-state index in [0.29, 0.717) is 36.2 Å². The Kier molecular flexibility index (Phi) is 5.86. The lowest BCUT2D eigenvalue weighted by Gasteiger charge is -2.42. The molecule has 1 saturated carbocycles. The summed E-state index contributed by atoms with van der Waals surface area (Å²) in [6.45, 7) is 4.37. The Morgan fingerprint density at radius 1 is 1.30 bits per heavy atom. The first kappa shape index (κ1) is 23.4. The number of hydrogen-bond acceptors (Lipinski definition) is 4. The molecule has 33 heavy (non-hydrogen) atoms. The first-order valence-electron chi connectivity index (χ1n) is 11.0. The second-order valence-electron chi connectivity index (χ2n) is 9.60. The van der Waals surface area contributed by atoms with Crippen molar-refractivity contribution in [1.82, 2.24) is 20.2 Å². The quantitative estimate of drug-likeness (QED) is 0.359. The lowest BCUT2D eigenvalue weighted by Crippen LogP contribution is -2.62. The Balaban J connectivity index is 1.61. The SMILES string of the molecule is Cc1ncc(OC(F)F)cc1-c1nn(C(C)C)c2c1CC[C@@H]([N+](=O)NC1(C)CC(F)(F)C1)C2. The molecule has 7 nitrogen and oxygen atoms in total. The maximum atomic E-state index is 13.3. The summed E-state index contributed by atoms with van der Waals surface area (Å²) in [5, 5.41) is 4.75. The van der Waals surface area contributed by atoms with Gasteiger partial charge in [0.15, 0.2) is 0 Å². The van der Waals surface area contributed by atoms with Gasteiger partial charge in [-0.1, -0.05) is 0 Å². The van der Waals surface area contributed by atoms with E-state index in [-0.39, 0.29) is 24.6 Å². The number of aromatic nitrogens is 3. The van der Waals surface area contributed by atoms with Crippen LogP contribution in [0.2, 0.25) is 0 Å². The predicted octanol–water partition coefficient (Wildman–Crippen LogP) is 4.76. The minimum absolute atomic E-state index is 0.00378. The van der Waals surface area contributed by atoms with Crippen LogP contribution in [0.4, 0.5) is 17.6 Å². The van der Waals surface area contributed by atoms with Crippen molar-refractivity contribution in [1.29, 1.82) is 0 Å². The summed E-state index contributed by atoms with van der Waals surface area (Å²) in [5.41, 5.74) is 5.51. The molecule has 0 radical (unpaired) electrons. The van der Waals surface area contributed by atoms with Gasteiger partial charge >= 0.3 is 6.61 Å². The Hall–Kier alpha value is -2.72. The van der Waals surface area contributed by atoms with E-state index in [2.05, 4.69) is 15.1 Å². The van der Waals surface area contributed by atoms with Gasteiger partial charge in [0.05, 0.1) is 23.2 Å². The molecule has 0 saturated heterocycles. The minimum Gasteiger partial charge on any atom is -0.433 e. The zero-order chi connectivity index (χ0) is 24.1. The fourth-order valence-electron chi connectivity index (χ4n) is 4.91. The van der Waals surface area contributed by atoms with Crippen LogP contribution in [0.25, 0.3) is 11.3 Å². The molecule has 0 aliphatic heterocycles. The Morgan fingerprint density at radius 2 is 2.00 bits per heavy atom. The van der Waals surface area contributed by atoms with Crippen LogP contribution in [0, 0.1) is 11.8 Å². The van der Waals surface area contributed by atoms with E-state index in [0.717, 1.165) is 16.1 Å². The van der Waals surface area contributed by atoms with Crippen LogP contribution in [0.15, 0.2) is 12.3 Å². The molecule has 2 aliphatic rings. The molecule has 1 N–H and O–H groups in total. The summed E-state index contributed by atoms with van der Waals surface area (Å²) in [6, 6.07) is 1.07. The van der Waals surface area contributed by atoms with Crippen molar-refractivity contribution in [2.24, 2.45) is 0 Å². The highest BCUT2D eigenvalue weighted by Gasteiger charge is 2.57. The molecule has 0 spiro atoms. The largest absolute Gasteiger partial charge is 0.433 e. The topological polar surface area (TPSA) is 72.0 Å².